The Hall–Kier alpha value is -2.69. The quantitative estimate of drug-likeness (QED) is 0.612. The van der Waals surface area contributed by atoms with Crippen molar-refractivity contribution in [2.75, 3.05) is 26.2 Å². The number of carbonyl (C=O) groups is 1. The minimum Gasteiger partial charge on any atom is -0.507 e. The van der Waals surface area contributed by atoms with Crippen LogP contribution in [0.25, 0.3) is 10.8 Å². The van der Waals surface area contributed by atoms with Gasteiger partial charge in [0, 0.05) is 5.39 Å². The Balaban J connectivity index is 1.52. The van der Waals surface area contributed by atoms with E-state index >= 15 is 0 Å². The molecule has 0 spiro atoms. The fourth-order valence-electron chi connectivity index (χ4n) is 6.71. The third-order valence-electron chi connectivity index (χ3n) is 7.65. The van der Waals surface area contributed by atoms with Gasteiger partial charge in [0.1, 0.15) is 42.9 Å². The summed E-state index contributed by atoms with van der Waals surface area (Å²) in [6.45, 7) is 5.46. The zero-order chi connectivity index (χ0) is 19.8. The smallest absolute Gasteiger partial charge is 0.244 e. The van der Waals surface area contributed by atoms with E-state index in [1.807, 2.05) is 42.5 Å². The molecule has 4 heteroatoms. The standard InChI is InChI=1S/C25H24N2O2/c1-24-13-26-15-25(23(24)29,18-8-3-2-4-9-18)16-27(14-24)22(26)21-19-10-6-5-7-17(19)11-12-20(21)28/h2-12,22,28H,13-16H2,1H3/p+2. The van der Waals surface area contributed by atoms with E-state index in [2.05, 4.69) is 31.2 Å². The molecule has 0 amide bonds. The van der Waals surface area contributed by atoms with Crippen LogP contribution in [-0.4, -0.2) is 37.1 Å². The maximum Gasteiger partial charge on any atom is 0.244 e. The Morgan fingerprint density at radius 1 is 0.862 bits per heavy atom. The molecular weight excluding hydrogens is 360 g/mol. The van der Waals surface area contributed by atoms with E-state index in [1.165, 1.54) is 9.80 Å². The van der Waals surface area contributed by atoms with E-state index in [1.54, 1.807) is 0 Å². The number of rotatable bonds is 2. The zero-order valence-electron chi connectivity index (χ0n) is 16.6. The van der Waals surface area contributed by atoms with E-state index in [-0.39, 0.29) is 11.6 Å². The number of ketones is 1. The molecule has 0 saturated carbocycles. The highest BCUT2D eigenvalue weighted by atomic mass is 16.3. The molecule has 4 fully saturated rings. The molecule has 7 rings (SSSR count). The lowest BCUT2D eigenvalue weighted by atomic mass is 9.58. The first-order chi connectivity index (χ1) is 14.0. The average Bonchev–Trinajstić information content (AvgIpc) is 2.73. The minimum atomic E-state index is -0.409. The summed E-state index contributed by atoms with van der Waals surface area (Å²) in [4.78, 5) is 16.5. The number of phenols is 1. The molecule has 146 valence electrons. The van der Waals surface area contributed by atoms with Crippen LogP contribution in [-0.2, 0) is 10.2 Å². The van der Waals surface area contributed by atoms with E-state index < -0.39 is 5.41 Å². The number of quaternary nitrogens is 2. The fourth-order valence-corrected chi connectivity index (χ4v) is 6.71. The lowest BCUT2D eigenvalue weighted by molar-refractivity contribution is -1.18. The van der Waals surface area contributed by atoms with Gasteiger partial charge >= 0.3 is 0 Å². The maximum absolute atomic E-state index is 13.7. The number of aromatic hydroxyl groups is 1. The highest BCUT2D eigenvalue weighted by Crippen LogP contribution is 2.40. The number of Topliss-reactive ketones (excluding diaryl/α,β-unsaturated/α-hetero) is 1. The monoisotopic (exact) mass is 386 g/mol. The van der Waals surface area contributed by atoms with Crippen LogP contribution in [0.3, 0.4) is 0 Å². The predicted molar refractivity (Wildman–Crippen MR) is 111 cm³/mol. The van der Waals surface area contributed by atoms with Crippen LogP contribution in [0.4, 0.5) is 0 Å². The third-order valence-corrected chi connectivity index (χ3v) is 7.65. The van der Waals surface area contributed by atoms with Gasteiger partial charge in [-0.15, -0.1) is 0 Å². The van der Waals surface area contributed by atoms with Crippen molar-refractivity contribution in [3.63, 3.8) is 0 Å². The molecular formula is C25H26N2O2+2. The summed E-state index contributed by atoms with van der Waals surface area (Å²) in [6, 6.07) is 22.5. The van der Waals surface area contributed by atoms with Gasteiger partial charge in [-0.2, -0.15) is 0 Å². The van der Waals surface area contributed by atoms with Crippen molar-refractivity contribution in [2.45, 2.75) is 18.5 Å². The third kappa shape index (κ3) is 2.19. The Kier molecular flexibility index (Phi) is 3.37. The summed E-state index contributed by atoms with van der Waals surface area (Å²) in [6.07, 6.45) is 0.166. The number of hydrogen-bond acceptors (Lipinski definition) is 2. The van der Waals surface area contributed by atoms with Gasteiger partial charge in [-0.1, -0.05) is 60.7 Å². The molecule has 4 bridgehead atoms. The first-order valence-electron chi connectivity index (χ1n) is 10.5. The zero-order valence-corrected chi connectivity index (χ0v) is 16.6. The molecule has 3 aromatic rings. The minimum absolute atomic E-state index is 0.166. The van der Waals surface area contributed by atoms with Crippen LogP contribution in [0.5, 0.6) is 5.75 Å². The van der Waals surface area contributed by atoms with Gasteiger partial charge in [0.05, 0.1) is 0 Å². The second-order valence-corrected chi connectivity index (χ2v) is 9.51. The Morgan fingerprint density at radius 2 is 1.52 bits per heavy atom. The number of carbonyl (C=O) groups excluding carboxylic acids is 1. The number of phenolic OH excluding ortho intramolecular Hbond substituents is 1. The lowest BCUT2D eigenvalue weighted by Gasteiger charge is -2.59. The van der Waals surface area contributed by atoms with Gasteiger partial charge in [-0.05, 0) is 23.9 Å². The highest BCUT2D eigenvalue weighted by molar-refractivity contribution is 5.96. The first-order valence-corrected chi connectivity index (χ1v) is 10.5. The molecule has 0 aromatic heterocycles. The molecule has 2 unspecified atom stereocenters. The normalized spacial score (nSPS) is 35.3. The van der Waals surface area contributed by atoms with E-state index in [0.717, 1.165) is 48.1 Å². The van der Waals surface area contributed by atoms with Gasteiger partial charge in [-0.25, -0.2) is 0 Å². The number of fused-ring (bicyclic) bond motifs is 1. The summed E-state index contributed by atoms with van der Waals surface area (Å²) in [5.74, 6) is 0.802. The van der Waals surface area contributed by atoms with Crippen LogP contribution >= 0.6 is 0 Å². The average molecular weight is 386 g/mol. The first kappa shape index (κ1) is 17.2. The topological polar surface area (TPSA) is 46.2 Å². The molecule has 0 radical (unpaired) electrons. The highest BCUT2D eigenvalue weighted by Gasteiger charge is 2.70. The molecule has 4 saturated heterocycles. The van der Waals surface area contributed by atoms with Crippen molar-refractivity contribution < 1.29 is 19.7 Å². The van der Waals surface area contributed by atoms with Gasteiger partial charge < -0.3 is 5.11 Å². The van der Waals surface area contributed by atoms with Crippen LogP contribution in [0, 0.1) is 5.41 Å². The molecule has 3 aromatic carbocycles. The van der Waals surface area contributed by atoms with Crippen molar-refractivity contribution in [1.29, 1.82) is 0 Å². The molecule has 4 nitrogen and oxygen atoms in total. The van der Waals surface area contributed by atoms with Gasteiger partial charge in [-0.3, -0.25) is 14.6 Å². The molecule has 4 heterocycles. The Bertz CT molecular complexity index is 1120. The van der Waals surface area contributed by atoms with Gasteiger partial charge in [0.25, 0.3) is 0 Å². The largest absolute Gasteiger partial charge is 0.507 e. The number of nitrogens with one attached hydrogen (secondary N) is 2. The second-order valence-electron chi connectivity index (χ2n) is 9.51. The van der Waals surface area contributed by atoms with Crippen molar-refractivity contribution in [3.05, 3.63) is 77.9 Å². The second kappa shape index (κ2) is 5.68. The molecule has 4 aliphatic rings. The molecule has 0 aliphatic carbocycles. The van der Waals surface area contributed by atoms with Crippen LogP contribution in [0.2, 0.25) is 0 Å². The molecule has 4 aliphatic heterocycles. The molecule has 2 atom stereocenters. The SMILES string of the molecule is CC12C[NH+]3CC(c4ccccc4)(C[NH+](C1)C3c1c(O)ccc3ccccc13)C2=O. The summed E-state index contributed by atoms with van der Waals surface area (Å²) in [5, 5.41) is 13.2. The molecule has 3 N–H and O–H groups in total. The van der Waals surface area contributed by atoms with E-state index in [0.29, 0.717) is 11.5 Å². The Labute approximate surface area is 170 Å². The summed E-state index contributed by atoms with van der Waals surface area (Å²) in [5.41, 5.74) is 1.50. The number of hydrogen-bond donors (Lipinski definition) is 3. The number of benzene rings is 3. The van der Waals surface area contributed by atoms with Crippen molar-refractivity contribution >= 4 is 16.6 Å². The maximum atomic E-state index is 13.7. The van der Waals surface area contributed by atoms with Crippen molar-refractivity contribution in [1.82, 2.24) is 0 Å². The van der Waals surface area contributed by atoms with Crippen LogP contribution in [0.1, 0.15) is 24.2 Å². The predicted octanol–water partition coefficient (Wildman–Crippen LogP) is 0.868. The van der Waals surface area contributed by atoms with Crippen LogP contribution < -0.4 is 9.80 Å². The van der Waals surface area contributed by atoms with Crippen LogP contribution in [0.15, 0.2) is 66.7 Å². The summed E-state index contributed by atoms with van der Waals surface area (Å²) < 4.78 is 0. The van der Waals surface area contributed by atoms with Crippen molar-refractivity contribution in [2.24, 2.45) is 5.41 Å². The summed E-state index contributed by atoms with van der Waals surface area (Å²) in [7, 11) is 0. The lowest BCUT2D eigenvalue weighted by Crippen LogP contribution is -3.41. The fraction of sp³-hybridized carbons (Fsp3) is 0.320. The van der Waals surface area contributed by atoms with E-state index in [9.17, 15) is 9.90 Å². The van der Waals surface area contributed by atoms with Crippen molar-refractivity contribution in [3.8, 4) is 5.75 Å². The number of piperidine rings is 2. The van der Waals surface area contributed by atoms with E-state index in [4.69, 9.17) is 0 Å². The Morgan fingerprint density at radius 3 is 2.24 bits per heavy atom. The molecule has 29 heavy (non-hydrogen) atoms. The summed E-state index contributed by atoms with van der Waals surface area (Å²) >= 11 is 0. The van der Waals surface area contributed by atoms with Gasteiger partial charge in [0.15, 0.2) is 11.2 Å². The van der Waals surface area contributed by atoms with Gasteiger partial charge in [0.2, 0.25) is 6.17 Å².